The molecule has 0 spiro atoms. The maximum absolute atomic E-state index is 10.6. The quantitative estimate of drug-likeness (QED) is 0.554. The third-order valence-electron chi connectivity index (χ3n) is 1.26. The van der Waals surface area contributed by atoms with Crippen LogP contribution in [-0.4, -0.2) is 19.5 Å². The first-order valence-electron chi connectivity index (χ1n) is 2.58. The minimum atomic E-state index is -2.85. The van der Waals surface area contributed by atoms with Gasteiger partial charge in [-0.3, -0.25) is 0 Å². The SMILES string of the molecule is NCS(=O)(=O)C1CC1. The molecule has 3 nitrogen and oxygen atoms in total. The van der Waals surface area contributed by atoms with E-state index in [4.69, 9.17) is 5.73 Å². The molecule has 1 rings (SSSR count). The fourth-order valence-electron chi connectivity index (χ4n) is 0.563. The van der Waals surface area contributed by atoms with Gasteiger partial charge < -0.3 is 5.73 Å². The number of rotatable bonds is 2. The number of hydrogen-bond donors (Lipinski definition) is 1. The largest absolute Gasteiger partial charge is 0.318 e. The van der Waals surface area contributed by atoms with Gasteiger partial charge in [0.05, 0.1) is 11.1 Å². The molecule has 1 fully saturated rings. The smallest absolute Gasteiger partial charge is 0.165 e. The van der Waals surface area contributed by atoms with Crippen molar-refractivity contribution in [2.45, 2.75) is 18.1 Å². The van der Waals surface area contributed by atoms with Crippen LogP contribution in [-0.2, 0) is 9.84 Å². The van der Waals surface area contributed by atoms with E-state index in [1.807, 2.05) is 0 Å². The molecule has 0 saturated heterocycles. The molecule has 0 amide bonds. The highest BCUT2D eigenvalue weighted by Crippen LogP contribution is 2.27. The van der Waals surface area contributed by atoms with Crippen molar-refractivity contribution >= 4 is 9.84 Å². The Kier molecular flexibility index (Phi) is 1.28. The van der Waals surface area contributed by atoms with Crippen LogP contribution in [0, 0.1) is 0 Å². The second-order valence-electron chi connectivity index (χ2n) is 2.03. The molecular formula is C4H9NO2S. The second kappa shape index (κ2) is 1.70. The molecule has 0 aromatic heterocycles. The van der Waals surface area contributed by atoms with Gasteiger partial charge in [-0.2, -0.15) is 0 Å². The zero-order chi connectivity index (χ0) is 6.20. The summed E-state index contributed by atoms with van der Waals surface area (Å²) in [6.45, 7) is 0. The third-order valence-corrected chi connectivity index (χ3v) is 3.22. The average molecular weight is 135 g/mol. The molecule has 0 atom stereocenters. The first kappa shape index (κ1) is 6.04. The zero-order valence-corrected chi connectivity index (χ0v) is 5.32. The van der Waals surface area contributed by atoms with Crippen LogP contribution in [0.25, 0.3) is 0 Å². The summed E-state index contributed by atoms with van der Waals surface area (Å²) in [7, 11) is -2.85. The van der Waals surface area contributed by atoms with Crippen LogP contribution in [0.2, 0.25) is 0 Å². The van der Waals surface area contributed by atoms with E-state index in [2.05, 4.69) is 0 Å². The minimum Gasteiger partial charge on any atom is -0.318 e. The Morgan fingerprint density at radius 1 is 1.50 bits per heavy atom. The first-order valence-corrected chi connectivity index (χ1v) is 4.30. The van der Waals surface area contributed by atoms with Gasteiger partial charge in [0, 0.05) is 0 Å². The van der Waals surface area contributed by atoms with Gasteiger partial charge in [-0.05, 0) is 12.8 Å². The molecule has 1 aliphatic rings. The third kappa shape index (κ3) is 1.00. The predicted octanol–water partition coefficient (Wildman–Crippen LogP) is -0.520. The van der Waals surface area contributed by atoms with Crippen molar-refractivity contribution in [3.8, 4) is 0 Å². The van der Waals surface area contributed by atoms with Crippen LogP contribution >= 0.6 is 0 Å². The van der Waals surface area contributed by atoms with Gasteiger partial charge in [0.15, 0.2) is 9.84 Å². The maximum atomic E-state index is 10.6. The van der Waals surface area contributed by atoms with E-state index in [0.29, 0.717) is 0 Å². The predicted molar refractivity (Wildman–Crippen MR) is 31.0 cm³/mol. The monoisotopic (exact) mass is 135 g/mol. The number of sulfone groups is 1. The summed E-state index contributed by atoms with van der Waals surface area (Å²) < 4.78 is 21.3. The Hall–Kier alpha value is -0.0900. The van der Waals surface area contributed by atoms with Crippen molar-refractivity contribution in [1.29, 1.82) is 0 Å². The summed E-state index contributed by atoms with van der Waals surface area (Å²) in [5, 5.41) is -0.0903. The van der Waals surface area contributed by atoms with E-state index in [9.17, 15) is 8.42 Å². The van der Waals surface area contributed by atoms with Gasteiger partial charge >= 0.3 is 0 Å². The maximum Gasteiger partial charge on any atom is 0.165 e. The standard InChI is InChI=1S/C4H9NO2S/c5-3-8(6,7)4-1-2-4/h4H,1-3,5H2. The van der Waals surface area contributed by atoms with Gasteiger partial charge in [0.25, 0.3) is 0 Å². The highest BCUT2D eigenvalue weighted by atomic mass is 32.2. The minimum absolute atomic E-state index is 0.0903. The lowest BCUT2D eigenvalue weighted by atomic mass is 11.0. The molecule has 0 unspecified atom stereocenters. The zero-order valence-electron chi connectivity index (χ0n) is 4.50. The normalized spacial score (nSPS) is 21.1. The molecule has 2 N–H and O–H groups in total. The molecule has 1 saturated carbocycles. The molecule has 48 valence electrons. The molecule has 4 heteroatoms. The molecule has 0 aliphatic heterocycles. The molecule has 1 aliphatic carbocycles. The molecule has 0 heterocycles. The Bertz CT molecular complexity index is 168. The summed E-state index contributed by atoms with van der Waals surface area (Å²) >= 11 is 0. The van der Waals surface area contributed by atoms with Gasteiger partial charge in [-0.15, -0.1) is 0 Å². The molecule has 0 aromatic carbocycles. The number of nitrogens with two attached hydrogens (primary N) is 1. The van der Waals surface area contributed by atoms with Crippen LogP contribution in [0.3, 0.4) is 0 Å². The molecule has 0 aromatic rings. The van der Waals surface area contributed by atoms with Crippen LogP contribution in [0.5, 0.6) is 0 Å². The Morgan fingerprint density at radius 2 is 2.00 bits per heavy atom. The lowest BCUT2D eigenvalue weighted by molar-refractivity contribution is 0.595. The van der Waals surface area contributed by atoms with Gasteiger partial charge in [-0.1, -0.05) is 0 Å². The summed E-state index contributed by atoms with van der Waals surface area (Å²) in [5.41, 5.74) is 4.96. The van der Waals surface area contributed by atoms with Crippen LogP contribution in [0.4, 0.5) is 0 Å². The highest BCUT2D eigenvalue weighted by molar-refractivity contribution is 7.92. The van der Waals surface area contributed by atoms with Crippen molar-refractivity contribution in [3.63, 3.8) is 0 Å². The fraction of sp³-hybridized carbons (Fsp3) is 1.00. The van der Waals surface area contributed by atoms with E-state index in [0.717, 1.165) is 12.8 Å². The Balaban J connectivity index is 2.65. The van der Waals surface area contributed by atoms with Gasteiger partial charge in [0.2, 0.25) is 0 Å². The summed E-state index contributed by atoms with van der Waals surface area (Å²) in [5.74, 6) is -0.183. The Morgan fingerprint density at radius 3 is 2.12 bits per heavy atom. The van der Waals surface area contributed by atoms with E-state index in [-0.39, 0.29) is 11.1 Å². The topological polar surface area (TPSA) is 60.2 Å². The number of hydrogen-bond acceptors (Lipinski definition) is 3. The van der Waals surface area contributed by atoms with Crippen LogP contribution in [0.15, 0.2) is 0 Å². The van der Waals surface area contributed by atoms with Crippen molar-refractivity contribution in [2.75, 3.05) is 5.88 Å². The molecule has 8 heavy (non-hydrogen) atoms. The van der Waals surface area contributed by atoms with E-state index < -0.39 is 9.84 Å². The average Bonchev–Trinajstić information content (AvgIpc) is 2.44. The van der Waals surface area contributed by atoms with Gasteiger partial charge in [-0.25, -0.2) is 8.42 Å². The molecule has 0 radical (unpaired) electrons. The van der Waals surface area contributed by atoms with Gasteiger partial charge in [0.1, 0.15) is 0 Å². The van der Waals surface area contributed by atoms with E-state index in [1.54, 1.807) is 0 Å². The lowest BCUT2D eigenvalue weighted by Gasteiger charge is -1.92. The lowest BCUT2D eigenvalue weighted by Crippen LogP contribution is -2.18. The van der Waals surface area contributed by atoms with Crippen molar-refractivity contribution in [3.05, 3.63) is 0 Å². The first-order chi connectivity index (χ1) is 3.67. The molecular weight excluding hydrogens is 126 g/mol. The summed E-state index contributed by atoms with van der Waals surface area (Å²) in [6, 6.07) is 0. The van der Waals surface area contributed by atoms with Crippen molar-refractivity contribution in [1.82, 2.24) is 0 Å². The van der Waals surface area contributed by atoms with Crippen LogP contribution in [0.1, 0.15) is 12.8 Å². The van der Waals surface area contributed by atoms with Crippen LogP contribution < -0.4 is 5.73 Å². The van der Waals surface area contributed by atoms with Crippen molar-refractivity contribution < 1.29 is 8.42 Å². The Labute approximate surface area is 48.8 Å². The van der Waals surface area contributed by atoms with E-state index in [1.165, 1.54) is 0 Å². The van der Waals surface area contributed by atoms with E-state index >= 15 is 0 Å². The highest BCUT2D eigenvalue weighted by Gasteiger charge is 2.34. The second-order valence-corrected chi connectivity index (χ2v) is 4.35. The van der Waals surface area contributed by atoms with Crippen molar-refractivity contribution in [2.24, 2.45) is 5.73 Å². The molecule has 0 bridgehead atoms. The summed E-state index contributed by atoms with van der Waals surface area (Å²) in [4.78, 5) is 0. The fourth-order valence-corrected chi connectivity index (χ4v) is 1.69. The summed E-state index contributed by atoms with van der Waals surface area (Å²) in [6.07, 6.45) is 1.64.